The van der Waals surface area contributed by atoms with Crippen LogP contribution in [0.15, 0.2) is 12.1 Å². The molecule has 0 radical (unpaired) electrons. The van der Waals surface area contributed by atoms with Crippen molar-refractivity contribution in [3.8, 4) is 0 Å². The Kier molecular flexibility index (Phi) is 6.16. The largest absolute Gasteiger partial charge is 0.346 e. The molecule has 5 rings (SSSR count). The predicted octanol–water partition coefficient (Wildman–Crippen LogP) is 2.57. The maximum atomic E-state index is 13.1. The maximum absolute atomic E-state index is 13.1. The summed E-state index contributed by atoms with van der Waals surface area (Å²) in [5.41, 5.74) is 0. The van der Waals surface area contributed by atoms with Crippen LogP contribution in [0.3, 0.4) is 0 Å². The summed E-state index contributed by atoms with van der Waals surface area (Å²) in [6.45, 7) is 6.02. The minimum atomic E-state index is -0.0823. The summed E-state index contributed by atoms with van der Waals surface area (Å²) in [6, 6.07) is 4.81. The first-order valence-corrected chi connectivity index (χ1v) is 12.7. The Labute approximate surface area is 193 Å². The van der Waals surface area contributed by atoms with E-state index < -0.39 is 0 Å². The summed E-state index contributed by atoms with van der Waals surface area (Å²) in [5, 5.41) is 3.16. The van der Waals surface area contributed by atoms with Crippen molar-refractivity contribution < 1.29 is 9.59 Å². The average molecular weight is 466 g/mol. The van der Waals surface area contributed by atoms with Crippen LogP contribution in [0.2, 0.25) is 4.34 Å². The third-order valence-corrected chi connectivity index (χ3v) is 8.91. The molecule has 0 saturated carbocycles. The lowest BCUT2D eigenvalue weighted by atomic mass is 9.97. The van der Waals surface area contributed by atoms with E-state index in [0.717, 1.165) is 45.4 Å². The standard InChI is InChI=1S/C22H32ClN5O2S/c1-25-9-4-15(5-10-25)26-11-6-16(7-12-26)28-14-18-17(8-13-27(18)22(28)30)24-21(29)19-2-3-20(23)31-19/h2-3,15-18H,4-14H2,1H3,(H,24,29)/t17-,18-/m1/s1. The van der Waals surface area contributed by atoms with Crippen molar-refractivity contribution in [2.45, 2.75) is 56.3 Å². The lowest BCUT2D eigenvalue weighted by Gasteiger charge is -2.42. The molecule has 5 heterocycles. The minimum Gasteiger partial charge on any atom is -0.346 e. The highest BCUT2D eigenvalue weighted by Gasteiger charge is 2.48. The molecule has 4 aliphatic heterocycles. The zero-order valence-corrected chi connectivity index (χ0v) is 19.7. The molecule has 9 heteroatoms. The monoisotopic (exact) mass is 465 g/mol. The third kappa shape index (κ3) is 4.32. The highest BCUT2D eigenvalue weighted by atomic mass is 35.5. The number of urea groups is 1. The highest BCUT2D eigenvalue weighted by molar-refractivity contribution is 7.18. The fourth-order valence-corrected chi connectivity index (χ4v) is 6.78. The van der Waals surface area contributed by atoms with Crippen LogP contribution in [0.4, 0.5) is 4.79 Å². The number of carbonyl (C=O) groups excluding carboxylic acids is 2. The Morgan fingerprint density at radius 3 is 2.39 bits per heavy atom. The molecule has 4 fully saturated rings. The molecule has 31 heavy (non-hydrogen) atoms. The molecule has 1 aromatic rings. The number of fused-ring (bicyclic) bond motifs is 1. The van der Waals surface area contributed by atoms with Crippen molar-refractivity contribution >= 4 is 34.9 Å². The van der Waals surface area contributed by atoms with Gasteiger partial charge in [0.2, 0.25) is 0 Å². The van der Waals surface area contributed by atoms with Gasteiger partial charge in [-0.3, -0.25) is 4.79 Å². The number of thiophene rings is 1. The second-order valence-electron chi connectivity index (χ2n) is 9.47. The minimum absolute atomic E-state index is 0.0154. The van der Waals surface area contributed by atoms with Gasteiger partial charge in [-0.15, -0.1) is 11.3 Å². The van der Waals surface area contributed by atoms with Crippen LogP contribution in [0.5, 0.6) is 0 Å². The van der Waals surface area contributed by atoms with E-state index in [2.05, 4.69) is 27.1 Å². The number of carbonyl (C=O) groups is 2. The van der Waals surface area contributed by atoms with Crippen LogP contribution < -0.4 is 5.32 Å². The van der Waals surface area contributed by atoms with Gasteiger partial charge in [0, 0.05) is 38.3 Å². The number of piperidine rings is 2. The van der Waals surface area contributed by atoms with E-state index in [1.54, 1.807) is 12.1 Å². The van der Waals surface area contributed by atoms with Gasteiger partial charge < -0.3 is 24.9 Å². The first-order chi connectivity index (χ1) is 15.0. The molecule has 2 atom stereocenters. The van der Waals surface area contributed by atoms with Crippen LogP contribution in [-0.4, -0.2) is 102 Å². The Hall–Kier alpha value is -1.35. The molecule has 3 amide bonds. The zero-order valence-electron chi connectivity index (χ0n) is 18.1. The Morgan fingerprint density at radius 2 is 1.71 bits per heavy atom. The summed E-state index contributed by atoms with van der Waals surface area (Å²) in [5.74, 6) is -0.0823. The first kappa shape index (κ1) is 21.5. The van der Waals surface area contributed by atoms with Gasteiger partial charge in [-0.1, -0.05) is 11.6 Å². The summed E-state index contributed by atoms with van der Waals surface area (Å²) < 4.78 is 0.618. The van der Waals surface area contributed by atoms with E-state index in [4.69, 9.17) is 11.6 Å². The van der Waals surface area contributed by atoms with Gasteiger partial charge in [0.15, 0.2) is 0 Å². The lowest BCUT2D eigenvalue weighted by Crippen LogP contribution is -2.51. The number of likely N-dealkylation sites (tertiary alicyclic amines) is 2. The highest BCUT2D eigenvalue weighted by Crippen LogP contribution is 2.32. The summed E-state index contributed by atoms with van der Waals surface area (Å²) in [6.07, 6.45) is 5.46. The Bertz CT molecular complexity index is 819. The van der Waals surface area contributed by atoms with Crippen molar-refractivity contribution in [1.82, 2.24) is 24.9 Å². The molecule has 0 aromatic carbocycles. The molecule has 0 aliphatic carbocycles. The van der Waals surface area contributed by atoms with Crippen LogP contribution in [-0.2, 0) is 0 Å². The molecule has 4 saturated heterocycles. The fourth-order valence-electron chi connectivity index (χ4n) is 5.83. The van der Waals surface area contributed by atoms with E-state index >= 15 is 0 Å². The van der Waals surface area contributed by atoms with Gasteiger partial charge in [-0.25, -0.2) is 4.79 Å². The van der Waals surface area contributed by atoms with Gasteiger partial charge in [-0.2, -0.15) is 0 Å². The van der Waals surface area contributed by atoms with Gasteiger partial charge in [-0.05, 0) is 64.4 Å². The van der Waals surface area contributed by atoms with Crippen molar-refractivity contribution in [3.63, 3.8) is 0 Å². The van der Waals surface area contributed by atoms with Crippen LogP contribution in [0, 0.1) is 0 Å². The lowest BCUT2D eigenvalue weighted by molar-refractivity contribution is 0.0718. The van der Waals surface area contributed by atoms with E-state index in [-0.39, 0.29) is 24.0 Å². The quantitative estimate of drug-likeness (QED) is 0.742. The van der Waals surface area contributed by atoms with Crippen molar-refractivity contribution in [2.75, 3.05) is 46.3 Å². The topological polar surface area (TPSA) is 59.1 Å². The summed E-state index contributed by atoms with van der Waals surface area (Å²) in [7, 11) is 2.21. The number of hydrogen-bond donors (Lipinski definition) is 1. The molecular formula is C22H32ClN5O2S. The smallest absolute Gasteiger partial charge is 0.320 e. The number of halogens is 1. The predicted molar refractivity (Wildman–Crippen MR) is 123 cm³/mol. The van der Waals surface area contributed by atoms with Crippen molar-refractivity contribution in [3.05, 3.63) is 21.3 Å². The first-order valence-electron chi connectivity index (χ1n) is 11.6. The fraction of sp³-hybridized carbons (Fsp3) is 0.727. The normalized spacial score (nSPS) is 29.0. The second-order valence-corrected chi connectivity index (χ2v) is 11.2. The molecule has 0 spiro atoms. The zero-order chi connectivity index (χ0) is 21.5. The molecule has 1 N–H and O–H groups in total. The molecule has 0 bridgehead atoms. The third-order valence-electron chi connectivity index (χ3n) is 7.68. The van der Waals surface area contributed by atoms with Crippen molar-refractivity contribution in [2.24, 2.45) is 0 Å². The molecular weight excluding hydrogens is 434 g/mol. The number of amides is 3. The van der Waals surface area contributed by atoms with Gasteiger partial charge in [0.05, 0.1) is 21.3 Å². The number of nitrogens with one attached hydrogen (secondary N) is 1. The second kappa shape index (κ2) is 8.89. The van der Waals surface area contributed by atoms with Crippen LogP contribution >= 0.6 is 22.9 Å². The van der Waals surface area contributed by atoms with Crippen LogP contribution in [0.25, 0.3) is 0 Å². The van der Waals surface area contributed by atoms with E-state index in [9.17, 15) is 9.59 Å². The number of nitrogens with zero attached hydrogens (tertiary/aromatic N) is 4. The summed E-state index contributed by atoms with van der Waals surface area (Å²) >= 11 is 7.27. The van der Waals surface area contributed by atoms with E-state index in [1.165, 1.54) is 37.3 Å². The van der Waals surface area contributed by atoms with E-state index in [0.29, 0.717) is 21.3 Å². The average Bonchev–Trinajstić information content (AvgIpc) is 3.46. The molecule has 0 unspecified atom stereocenters. The Morgan fingerprint density at radius 1 is 1.00 bits per heavy atom. The van der Waals surface area contributed by atoms with Gasteiger partial charge >= 0.3 is 6.03 Å². The van der Waals surface area contributed by atoms with Crippen LogP contribution in [0.1, 0.15) is 41.8 Å². The maximum Gasteiger partial charge on any atom is 0.320 e. The van der Waals surface area contributed by atoms with E-state index in [1.807, 2.05) is 4.90 Å². The molecule has 170 valence electrons. The number of rotatable bonds is 4. The SMILES string of the molecule is CN1CCC(N2CCC(N3C[C@@H]4[C@H](NC(=O)c5ccc(Cl)s5)CCN4C3=O)CC2)CC1. The molecule has 4 aliphatic rings. The molecule has 7 nitrogen and oxygen atoms in total. The Balaban J connectivity index is 1.16. The molecule has 1 aromatic heterocycles. The van der Waals surface area contributed by atoms with Gasteiger partial charge in [0.25, 0.3) is 5.91 Å². The summed E-state index contributed by atoms with van der Waals surface area (Å²) in [4.78, 5) is 35.5. The van der Waals surface area contributed by atoms with Gasteiger partial charge in [0.1, 0.15) is 0 Å². The van der Waals surface area contributed by atoms with Crippen molar-refractivity contribution in [1.29, 1.82) is 0 Å². The number of hydrogen-bond acceptors (Lipinski definition) is 5.